The molecule has 7 nitrogen and oxygen atoms in total. The van der Waals surface area contributed by atoms with Crippen LogP contribution in [-0.4, -0.2) is 36.3 Å². The minimum atomic E-state index is 0.236. The molecule has 0 amide bonds. The molecular weight excluding hydrogens is 364 g/mol. The number of hydrogen-bond acceptors (Lipinski definition) is 6. The number of ether oxygens (including phenoxy) is 2. The van der Waals surface area contributed by atoms with Crippen LogP contribution in [0.4, 0.5) is 0 Å². The van der Waals surface area contributed by atoms with Gasteiger partial charge in [-0.05, 0) is 30.9 Å². The van der Waals surface area contributed by atoms with Gasteiger partial charge in [-0.15, -0.1) is 16.1 Å². The normalized spacial score (nSPS) is 17.3. The van der Waals surface area contributed by atoms with Gasteiger partial charge in [0.25, 0.3) is 0 Å². The van der Waals surface area contributed by atoms with Crippen LogP contribution < -0.4 is 14.4 Å². The molecule has 0 atom stereocenters. The Morgan fingerprint density at radius 1 is 1.22 bits per heavy atom. The van der Waals surface area contributed by atoms with Crippen molar-refractivity contribution >= 4 is 21.6 Å². The third kappa shape index (κ3) is 3.24. The van der Waals surface area contributed by atoms with E-state index >= 15 is 0 Å². The number of fused-ring (bicyclic) bond motifs is 3. The SMILES string of the molecule is [O-][n+]1ccccc1Oc1nc(C[NH+]2CCOCC2)nc2sc3c(c12)CCC3. The number of aryl methyl sites for hydroxylation is 2. The first kappa shape index (κ1) is 16.9. The fourth-order valence-electron chi connectivity index (χ4n) is 3.81. The second-order valence-electron chi connectivity index (χ2n) is 6.99. The van der Waals surface area contributed by atoms with Gasteiger partial charge in [0.2, 0.25) is 5.88 Å². The fraction of sp³-hybridized carbons (Fsp3) is 0.421. The van der Waals surface area contributed by atoms with Gasteiger partial charge in [-0.3, -0.25) is 0 Å². The highest BCUT2D eigenvalue weighted by molar-refractivity contribution is 7.19. The van der Waals surface area contributed by atoms with Gasteiger partial charge in [0, 0.05) is 10.9 Å². The van der Waals surface area contributed by atoms with E-state index in [0.717, 1.165) is 72.9 Å². The van der Waals surface area contributed by atoms with Crippen molar-refractivity contribution < 1.29 is 19.1 Å². The number of morpholine rings is 1. The lowest BCUT2D eigenvalue weighted by Gasteiger charge is -2.23. The van der Waals surface area contributed by atoms with Crippen LogP contribution >= 0.6 is 11.3 Å². The summed E-state index contributed by atoms with van der Waals surface area (Å²) in [6.07, 6.45) is 4.70. The van der Waals surface area contributed by atoms with E-state index in [1.807, 2.05) is 0 Å². The van der Waals surface area contributed by atoms with E-state index in [2.05, 4.69) is 0 Å². The molecule has 27 heavy (non-hydrogen) atoms. The topological polar surface area (TPSA) is 75.6 Å². The van der Waals surface area contributed by atoms with Crippen LogP contribution in [0.2, 0.25) is 0 Å². The van der Waals surface area contributed by atoms with E-state index < -0.39 is 0 Å². The van der Waals surface area contributed by atoms with Crippen molar-refractivity contribution in [3.05, 3.63) is 45.9 Å². The molecule has 1 saturated heterocycles. The number of rotatable bonds is 4. The minimum Gasteiger partial charge on any atom is -0.616 e. The largest absolute Gasteiger partial charge is 0.616 e. The molecule has 140 valence electrons. The number of pyridine rings is 1. The molecule has 5 rings (SSSR count). The number of thiophene rings is 1. The second-order valence-corrected chi connectivity index (χ2v) is 8.07. The van der Waals surface area contributed by atoms with Crippen molar-refractivity contribution in [1.82, 2.24) is 9.97 Å². The van der Waals surface area contributed by atoms with Crippen LogP contribution in [-0.2, 0) is 24.1 Å². The fourth-order valence-corrected chi connectivity index (χ4v) is 5.08. The molecule has 0 spiro atoms. The highest BCUT2D eigenvalue weighted by Crippen LogP contribution is 2.41. The Hall–Kier alpha value is -2.29. The monoisotopic (exact) mass is 385 g/mol. The molecule has 2 aliphatic rings. The lowest BCUT2D eigenvalue weighted by Crippen LogP contribution is -3.12. The summed E-state index contributed by atoms with van der Waals surface area (Å²) < 4.78 is 12.2. The Morgan fingerprint density at radius 2 is 2.11 bits per heavy atom. The van der Waals surface area contributed by atoms with E-state index in [4.69, 9.17) is 19.4 Å². The molecule has 0 unspecified atom stereocenters. The summed E-state index contributed by atoms with van der Waals surface area (Å²) >= 11 is 1.74. The molecule has 0 aromatic carbocycles. The van der Waals surface area contributed by atoms with E-state index in [-0.39, 0.29) is 5.88 Å². The molecule has 0 radical (unpaired) electrons. The molecule has 1 fully saturated rings. The minimum absolute atomic E-state index is 0.236. The predicted octanol–water partition coefficient (Wildman–Crippen LogP) is 1.02. The zero-order chi connectivity index (χ0) is 18.2. The zero-order valence-electron chi connectivity index (χ0n) is 14.9. The Labute approximate surface area is 160 Å². The van der Waals surface area contributed by atoms with Crippen LogP contribution in [0, 0.1) is 5.21 Å². The Morgan fingerprint density at radius 3 is 2.96 bits per heavy atom. The summed E-state index contributed by atoms with van der Waals surface area (Å²) in [5.74, 6) is 1.51. The standard InChI is InChI=1S/C19H20N4O3S/c24-23-7-2-1-6-16(23)26-18-17-13-4-3-5-14(13)27-19(17)21-15(20-18)12-22-8-10-25-11-9-22/h1-2,6-7H,3-5,8-12H2/p+1. The van der Waals surface area contributed by atoms with Crippen LogP contribution in [0.1, 0.15) is 22.7 Å². The Kier molecular flexibility index (Phi) is 4.39. The molecule has 0 bridgehead atoms. The van der Waals surface area contributed by atoms with Crippen LogP contribution in [0.15, 0.2) is 24.4 Å². The van der Waals surface area contributed by atoms with Gasteiger partial charge in [-0.2, -0.15) is 4.98 Å². The number of aromatic nitrogens is 3. The van der Waals surface area contributed by atoms with Gasteiger partial charge in [0.15, 0.2) is 12.0 Å². The summed E-state index contributed by atoms with van der Waals surface area (Å²) in [5, 5.41) is 13.0. The average Bonchev–Trinajstić information content (AvgIpc) is 3.25. The smallest absolute Gasteiger partial charge is 0.386 e. The molecule has 3 aromatic rings. The third-order valence-electron chi connectivity index (χ3n) is 5.18. The molecule has 1 aliphatic carbocycles. The van der Waals surface area contributed by atoms with Crippen molar-refractivity contribution in [2.24, 2.45) is 0 Å². The first-order valence-corrected chi connectivity index (χ1v) is 10.2. The van der Waals surface area contributed by atoms with E-state index in [9.17, 15) is 5.21 Å². The number of quaternary nitrogens is 1. The van der Waals surface area contributed by atoms with Gasteiger partial charge in [-0.1, -0.05) is 0 Å². The highest BCUT2D eigenvalue weighted by atomic mass is 32.1. The van der Waals surface area contributed by atoms with Crippen LogP contribution in [0.25, 0.3) is 10.2 Å². The van der Waals surface area contributed by atoms with E-state index in [1.165, 1.54) is 21.5 Å². The molecule has 1 N–H and O–H groups in total. The maximum Gasteiger partial charge on any atom is 0.386 e. The van der Waals surface area contributed by atoms with Crippen molar-refractivity contribution in [3.63, 3.8) is 0 Å². The van der Waals surface area contributed by atoms with Gasteiger partial charge in [-0.25, -0.2) is 4.98 Å². The first-order valence-electron chi connectivity index (χ1n) is 9.36. The third-order valence-corrected chi connectivity index (χ3v) is 6.36. The van der Waals surface area contributed by atoms with Crippen molar-refractivity contribution in [3.8, 4) is 11.8 Å². The predicted molar refractivity (Wildman–Crippen MR) is 100 cm³/mol. The van der Waals surface area contributed by atoms with Gasteiger partial charge >= 0.3 is 5.88 Å². The van der Waals surface area contributed by atoms with Crippen molar-refractivity contribution in [2.45, 2.75) is 25.8 Å². The molecule has 4 heterocycles. The second kappa shape index (κ2) is 7.03. The quantitative estimate of drug-likeness (QED) is 0.536. The summed E-state index contributed by atoms with van der Waals surface area (Å²) in [6, 6.07) is 5.14. The summed E-state index contributed by atoms with van der Waals surface area (Å²) in [7, 11) is 0. The number of nitrogens with zero attached hydrogens (tertiary/aromatic N) is 3. The van der Waals surface area contributed by atoms with Crippen LogP contribution in [0.5, 0.6) is 11.8 Å². The van der Waals surface area contributed by atoms with Gasteiger partial charge in [0.1, 0.15) is 24.5 Å². The van der Waals surface area contributed by atoms with Crippen molar-refractivity contribution in [2.75, 3.05) is 26.3 Å². The highest BCUT2D eigenvalue weighted by Gasteiger charge is 2.26. The lowest BCUT2D eigenvalue weighted by atomic mass is 10.2. The van der Waals surface area contributed by atoms with Crippen molar-refractivity contribution in [1.29, 1.82) is 0 Å². The van der Waals surface area contributed by atoms with Gasteiger partial charge < -0.3 is 19.6 Å². The molecular formula is C19H21N4O3S+. The Bertz CT molecular complexity index is 984. The average molecular weight is 385 g/mol. The zero-order valence-corrected chi connectivity index (χ0v) is 15.8. The number of nitrogens with one attached hydrogen (secondary N) is 1. The maximum absolute atomic E-state index is 12.1. The Balaban J connectivity index is 1.56. The molecule has 1 aliphatic heterocycles. The molecule has 0 saturated carbocycles. The lowest BCUT2D eigenvalue weighted by molar-refractivity contribution is -0.922. The molecule has 8 heteroatoms. The molecule has 3 aromatic heterocycles. The van der Waals surface area contributed by atoms with Crippen LogP contribution in [0.3, 0.4) is 0 Å². The number of hydrogen-bond donors (Lipinski definition) is 1. The summed E-state index contributed by atoms with van der Waals surface area (Å²) in [6.45, 7) is 4.20. The first-order chi connectivity index (χ1) is 13.3. The maximum atomic E-state index is 12.1. The van der Waals surface area contributed by atoms with E-state index in [0.29, 0.717) is 5.88 Å². The van der Waals surface area contributed by atoms with Gasteiger partial charge in [0.05, 0.1) is 24.7 Å². The summed E-state index contributed by atoms with van der Waals surface area (Å²) in [4.78, 5) is 13.3. The summed E-state index contributed by atoms with van der Waals surface area (Å²) in [5.41, 5.74) is 1.30. The van der Waals surface area contributed by atoms with E-state index in [1.54, 1.807) is 29.5 Å².